The predicted molar refractivity (Wildman–Crippen MR) is 96.3 cm³/mol. The fourth-order valence-corrected chi connectivity index (χ4v) is 5.64. The second kappa shape index (κ2) is 6.06. The van der Waals surface area contributed by atoms with Crippen LogP contribution in [0.4, 0.5) is 0 Å². The van der Waals surface area contributed by atoms with Crippen molar-refractivity contribution in [2.45, 2.75) is 63.7 Å². The van der Waals surface area contributed by atoms with Gasteiger partial charge >= 0.3 is 0 Å². The molecule has 3 heteroatoms. The standard InChI is InChI=1S/C18H23ClS2/c1-18(2,3)16-10-9-14(21-16)17(19)15-11-12-7-5-4-6-8-13(12)20-15/h9-11,17H,4-8H2,1-3H3. The molecule has 2 aromatic rings. The number of hydrogen-bond acceptors (Lipinski definition) is 2. The first-order valence-corrected chi connectivity index (χ1v) is 9.88. The van der Waals surface area contributed by atoms with E-state index in [0.717, 1.165) is 0 Å². The van der Waals surface area contributed by atoms with Gasteiger partial charge in [0, 0.05) is 19.5 Å². The van der Waals surface area contributed by atoms with E-state index in [4.69, 9.17) is 11.6 Å². The van der Waals surface area contributed by atoms with Crippen molar-refractivity contribution in [2.75, 3.05) is 0 Å². The summed E-state index contributed by atoms with van der Waals surface area (Å²) in [6.07, 6.45) is 6.55. The highest BCUT2D eigenvalue weighted by Gasteiger charge is 2.22. The Kier molecular flexibility index (Phi) is 4.50. The summed E-state index contributed by atoms with van der Waals surface area (Å²) < 4.78 is 0. The fraction of sp³-hybridized carbons (Fsp3) is 0.556. The number of thiophene rings is 2. The lowest BCUT2D eigenvalue weighted by molar-refractivity contribution is 0.604. The molecule has 2 heterocycles. The van der Waals surface area contributed by atoms with E-state index in [2.05, 4.69) is 39.0 Å². The van der Waals surface area contributed by atoms with Crippen molar-refractivity contribution >= 4 is 34.3 Å². The average Bonchev–Trinajstić information content (AvgIpc) is 3.01. The Morgan fingerprint density at radius 1 is 1.00 bits per heavy atom. The van der Waals surface area contributed by atoms with Crippen molar-refractivity contribution in [2.24, 2.45) is 0 Å². The van der Waals surface area contributed by atoms with Crippen LogP contribution in [0.3, 0.4) is 0 Å². The molecule has 0 aromatic carbocycles. The first kappa shape index (κ1) is 15.6. The van der Waals surface area contributed by atoms with Gasteiger partial charge in [-0.1, -0.05) is 27.2 Å². The summed E-state index contributed by atoms with van der Waals surface area (Å²) in [4.78, 5) is 5.63. The minimum absolute atomic E-state index is 0.0306. The molecule has 1 unspecified atom stereocenters. The first-order valence-electron chi connectivity index (χ1n) is 7.81. The molecular formula is C18H23ClS2. The molecule has 0 fully saturated rings. The summed E-state index contributed by atoms with van der Waals surface area (Å²) in [5.41, 5.74) is 1.78. The lowest BCUT2D eigenvalue weighted by Crippen LogP contribution is -2.07. The number of hydrogen-bond donors (Lipinski definition) is 0. The van der Waals surface area contributed by atoms with E-state index >= 15 is 0 Å². The molecule has 0 N–H and O–H groups in total. The molecule has 0 nitrogen and oxygen atoms in total. The van der Waals surface area contributed by atoms with E-state index in [1.807, 2.05) is 22.7 Å². The number of rotatable bonds is 2. The zero-order chi connectivity index (χ0) is 15.0. The zero-order valence-corrected chi connectivity index (χ0v) is 15.4. The van der Waals surface area contributed by atoms with Crippen molar-refractivity contribution < 1.29 is 0 Å². The van der Waals surface area contributed by atoms with Gasteiger partial charge in [0.15, 0.2) is 0 Å². The number of aryl methyl sites for hydroxylation is 2. The van der Waals surface area contributed by atoms with Crippen LogP contribution in [-0.2, 0) is 18.3 Å². The van der Waals surface area contributed by atoms with Crippen molar-refractivity contribution in [3.05, 3.63) is 43.3 Å². The highest BCUT2D eigenvalue weighted by atomic mass is 35.5. The van der Waals surface area contributed by atoms with E-state index in [1.165, 1.54) is 46.7 Å². The molecule has 1 aliphatic rings. The van der Waals surface area contributed by atoms with Crippen LogP contribution in [0.25, 0.3) is 0 Å². The van der Waals surface area contributed by atoms with E-state index in [9.17, 15) is 0 Å². The average molecular weight is 339 g/mol. The Bertz CT molecular complexity index is 592. The molecular weight excluding hydrogens is 316 g/mol. The maximum atomic E-state index is 6.78. The highest BCUT2D eigenvalue weighted by Crippen LogP contribution is 2.42. The lowest BCUT2D eigenvalue weighted by atomic mass is 9.95. The Morgan fingerprint density at radius 2 is 1.76 bits per heavy atom. The van der Waals surface area contributed by atoms with Crippen molar-refractivity contribution in [1.29, 1.82) is 0 Å². The minimum atomic E-state index is 0.0306. The Labute approximate surface area is 141 Å². The molecule has 114 valence electrons. The number of alkyl halides is 1. The van der Waals surface area contributed by atoms with Crippen LogP contribution in [0.15, 0.2) is 18.2 Å². The predicted octanol–water partition coefficient (Wildman–Crippen LogP) is 6.70. The van der Waals surface area contributed by atoms with E-state index in [0.29, 0.717) is 0 Å². The second-order valence-electron chi connectivity index (χ2n) is 6.97. The second-order valence-corrected chi connectivity index (χ2v) is 9.69. The van der Waals surface area contributed by atoms with Crippen LogP contribution in [0.2, 0.25) is 0 Å². The Morgan fingerprint density at radius 3 is 2.48 bits per heavy atom. The number of fused-ring (bicyclic) bond motifs is 1. The molecule has 1 atom stereocenters. The van der Waals surface area contributed by atoms with Gasteiger partial charge in [0.2, 0.25) is 0 Å². The van der Waals surface area contributed by atoms with Gasteiger partial charge in [-0.25, -0.2) is 0 Å². The van der Waals surface area contributed by atoms with Gasteiger partial charge in [-0.2, -0.15) is 0 Å². The van der Waals surface area contributed by atoms with Gasteiger partial charge in [-0.05, 0) is 54.9 Å². The molecule has 0 bridgehead atoms. The van der Waals surface area contributed by atoms with E-state index in [1.54, 1.807) is 10.4 Å². The molecule has 0 saturated carbocycles. The lowest BCUT2D eigenvalue weighted by Gasteiger charge is -2.15. The first-order chi connectivity index (χ1) is 9.95. The van der Waals surface area contributed by atoms with Gasteiger partial charge in [0.25, 0.3) is 0 Å². The van der Waals surface area contributed by atoms with Crippen LogP contribution >= 0.6 is 34.3 Å². The van der Waals surface area contributed by atoms with Crippen LogP contribution in [0, 0.1) is 0 Å². The van der Waals surface area contributed by atoms with Crippen LogP contribution in [0.5, 0.6) is 0 Å². The van der Waals surface area contributed by atoms with Gasteiger partial charge in [-0.3, -0.25) is 0 Å². The minimum Gasteiger partial charge on any atom is -0.143 e. The van der Waals surface area contributed by atoms with Crippen LogP contribution < -0.4 is 0 Å². The molecule has 0 aliphatic heterocycles. The normalized spacial score (nSPS) is 17.3. The quantitative estimate of drug-likeness (QED) is 0.422. The molecule has 2 aromatic heterocycles. The third-order valence-electron chi connectivity index (χ3n) is 4.13. The molecule has 0 amide bonds. The smallest absolute Gasteiger partial charge is 0.102 e. The summed E-state index contributed by atoms with van der Waals surface area (Å²) in [7, 11) is 0. The Balaban J connectivity index is 1.85. The maximum absolute atomic E-state index is 6.78. The van der Waals surface area contributed by atoms with Crippen molar-refractivity contribution in [1.82, 2.24) is 0 Å². The summed E-state index contributed by atoms with van der Waals surface area (Å²) in [6.45, 7) is 6.79. The summed E-state index contributed by atoms with van der Waals surface area (Å²) >= 11 is 10.6. The maximum Gasteiger partial charge on any atom is 0.102 e. The molecule has 21 heavy (non-hydrogen) atoms. The highest BCUT2D eigenvalue weighted by molar-refractivity contribution is 7.14. The summed E-state index contributed by atoms with van der Waals surface area (Å²) in [5, 5.41) is 0.0306. The molecule has 0 saturated heterocycles. The van der Waals surface area contributed by atoms with E-state index < -0.39 is 0 Å². The molecule has 0 radical (unpaired) electrons. The van der Waals surface area contributed by atoms with Gasteiger partial charge in [-0.15, -0.1) is 34.3 Å². The van der Waals surface area contributed by atoms with E-state index in [-0.39, 0.29) is 10.8 Å². The largest absolute Gasteiger partial charge is 0.143 e. The van der Waals surface area contributed by atoms with Crippen molar-refractivity contribution in [3.8, 4) is 0 Å². The Hall–Kier alpha value is -0.310. The summed E-state index contributed by atoms with van der Waals surface area (Å²) in [5.74, 6) is 0. The van der Waals surface area contributed by atoms with Gasteiger partial charge in [0.1, 0.15) is 5.38 Å². The van der Waals surface area contributed by atoms with Crippen LogP contribution in [-0.4, -0.2) is 0 Å². The fourth-order valence-electron chi connectivity index (χ4n) is 2.85. The van der Waals surface area contributed by atoms with Crippen LogP contribution in [0.1, 0.15) is 70.5 Å². The molecule has 0 spiro atoms. The molecule has 1 aliphatic carbocycles. The molecule has 3 rings (SSSR count). The van der Waals surface area contributed by atoms with Gasteiger partial charge in [0.05, 0.1) is 0 Å². The third kappa shape index (κ3) is 3.38. The SMILES string of the molecule is CC(C)(C)c1ccc(C(Cl)c2cc3c(s2)CCCCC3)s1. The topological polar surface area (TPSA) is 0 Å². The summed E-state index contributed by atoms with van der Waals surface area (Å²) in [6, 6.07) is 6.83. The number of halogens is 1. The van der Waals surface area contributed by atoms with Gasteiger partial charge < -0.3 is 0 Å². The third-order valence-corrected chi connectivity index (χ3v) is 7.74. The van der Waals surface area contributed by atoms with Crippen molar-refractivity contribution in [3.63, 3.8) is 0 Å². The monoisotopic (exact) mass is 338 g/mol. The zero-order valence-electron chi connectivity index (χ0n) is 13.0.